The van der Waals surface area contributed by atoms with Crippen LogP contribution in [0, 0.1) is 17.4 Å². The Bertz CT molecular complexity index is 690. The molecule has 6 heteroatoms. The van der Waals surface area contributed by atoms with Crippen molar-refractivity contribution in [2.45, 2.75) is 20.5 Å². The maximum Gasteiger partial charge on any atom is 0.264 e. The van der Waals surface area contributed by atoms with Crippen LogP contribution in [0.5, 0.6) is 0 Å². The van der Waals surface area contributed by atoms with Gasteiger partial charge in [-0.25, -0.2) is 4.98 Å². The minimum atomic E-state index is -0.138. The van der Waals surface area contributed by atoms with Crippen LogP contribution >= 0.6 is 38.5 Å². The summed E-state index contributed by atoms with van der Waals surface area (Å²) in [7, 11) is 1.59. The Morgan fingerprint density at radius 3 is 2.50 bits per heavy atom. The minimum absolute atomic E-state index is 0.138. The molecule has 0 fully saturated rings. The van der Waals surface area contributed by atoms with Gasteiger partial charge in [0.15, 0.2) is 0 Å². The van der Waals surface area contributed by atoms with Crippen LogP contribution in [0.1, 0.15) is 16.8 Å². The molecule has 0 amide bonds. The van der Waals surface area contributed by atoms with Gasteiger partial charge in [0.2, 0.25) is 0 Å². The number of hydrogen-bond donors (Lipinski definition) is 1. The van der Waals surface area contributed by atoms with Crippen LogP contribution in [-0.4, -0.2) is 17.1 Å². The summed E-state index contributed by atoms with van der Waals surface area (Å²) in [5, 5.41) is 0. The topological polar surface area (TPSA) is 55.0 Å². The molecule has 0 unspecified atom stereocenters. The van der Waals surface area contributed by atoms with E-state index in [1.165, 1.54) is 0 Å². The molecule has 0 radical (unpaired) electrons. The predicted octanol–water partition coefficient (Wildman–Crippen LogP) is 3.57. The molecule has 1 aromatic heterocycles. The van der Waals surface area contributed by atoms with Gasteiger partial charge >= 0.3 is 0 Å². The molecule has 106 valence electrons. The molecule has 2 rings (SSSR count). The minimum Gasteiger partial charge on any atom is -0.378 e. The van der Waals surface area contributed by atoms with E-state index in [0.717, 1.165) is 21.2 Å². The van der Waals surface area contributed by atoms with Gasteiger partial charge < -0.3 is 9.72 Å². The van der Waals surface area contributed by atoms with Crippen LogP contribution in [0.3, 0.4) is 0 Å². The average Bonchev–Trinajstić information content (AvgIpc) is 2.40. The molecule has 0 saturated carbocycles. The Morgan fingerprint density at radius 2 is 1.95 bits per heavy atom. The number of aryl methyl sites for hydroxylation is 2. The summed E-state index contributed by atoms with van der Waals surface area (Å²) in [5.74, 6) is 0.571. The van der Waals surface area contributed by atoms with E-state index in [4.69, 9.17) is 4.74 Å². The van der Waals surface area contributed by atoms with Crippen LogP contribution in [-0.2, 0) is 11.3 Å². The highest BCUT2D eigenvalue weighted by Gasteiger charge is 2.12. The van der Waals surface area contributed by atoms with Crippen molar-refractivity contribution in [1.82, 2.24) is 9.97 Å². The van der Waals surface area contributed by atoms with E-state index in [1.807, 2.05) is 48.6 Å². The van der Waals surface area contributed by atoms with Crippen LogP contribution < -0.4 is 5.56 Å². The second kappa shape index (κ2) is 6.36. The first-order valence-corrected chi connectivity index (χ1v) is 7.86. The summed E-state index contributed by atoms with van der Waals surface area (Å²) in [6.07, 6.45) is 0. The molecule has 1 heterocycles. The largest absolute Gasteiger partial charge is 0.378 e. The van der Waals surface area contributed by atoms with Crippen molar-refractivity contribution in [3.8, 4) is 11.4 Å². The van der Waals surface area contributed by atoms with Gasteiger partial charge in [-0.3, -0.25) is 4.79 Å². The van der Waals surface area contributed by atoms with Gasteiger partial charge in [0.25, 0.3) is 5.56 Å². The highest BCUT2D eigenvalue weighted by molar-refractivity contribution is 14.1. The number of rotatable bonds is 3. The summed E-state index contributed by atoms with van der Waals surface area (Å²) < 4.78 is 6.74. The number of hydrogen-bond acceptors (Lipinski definition) is 3. The number of halogens is 2. The van der Waals surface area contributed by atoms with Gasteiger partial charge in [-0.15, -0.1) is 0 Å². The van der Waals surface area contributed by atoms with Gasteiger partial charge in [0.05, 0.1) is 12.3 Å². The quantitative estimate of drug-likeness (QED) is 0.730. The van der Waals surface area contributed by atoms with Crippen LogP contribution in [0.2, 0.25) is 0 Å². The normalized spacial score (nSPS) is 10.8. The molecule has 0 bridgehead atoms. The molecule has 0 aliphatic carbocycles. The lowest BCUT2D eigenvalue weighted by atomic mass is 10.1. The van der Waals surface area contributed by atoms with Crippen molar-refractivity contribution in [3.05, 3.63) is 47.4 Å². The van der Waals surface area contributed by atoms with Gasteiger partial charge in [0.1, 0.15) is 9.39 Å². The molecule has 4 nitrogen and oxygen atoms in total. The highest BCUT2D eigenvalue weighted by atomic mass is 127. The maximum absolute atomic E-state index is 12.0. The molecule has 0 aliphatic rings. The summed E-state index contributed by atoms with van der Waals surface area (Å²) in [6.45, 7) is 4.35. The number of nitrogens with zero attached hydrogens (tertiary/aromatic N) is 1. The standard InChI is InChI=1S/C14H14BrIN2O2/c1-7-4-9(5-8(2)11(7)15)13-17-10(6-20-3)12(16)14(19)18-13/h4-5H,6H2,1-3H3,(H,17,18,19). The number of H-pyrrole nitrogens is 1. The first-order chi connectivity index (χ1) is 9.43. The summed E-state index contributed by atoms with van der Waals surface area (Å²) in [4.78, 5) is 19.3. The van der Waals surface area contributed by atoms with Crippen molar-refractivity contribution >= 4 is 38.5 Å². The molecular weight excluding hydrogens is 435 g/mol. The van der Waals surface area contributed by atoms with Gasteiger partial charge in [-0.05, 0) is 59.7 Å². The lowest BCUT2D eigenvalue weighted by Crippen LogP contribution is -2.16. The number of ether oxygens (including phenoxy) is 1. The Morgan fingerprint density at radius 1 is 1.35 bits per heavy atom. The van der Waals surface area contributed by atoms with E-state index in [9.17, 15) is 4.79 Å². The van der Waals surface area contributed by atoms with E-state index in [-0.39, 0.29) is 5.56 Å². The number of benzene rings is 1. The van der Waals surface area contributed by atoms with E-state index in [2.05, 4.69) is 25.9 Å². The fourth-order valence-corrected chi connectivity index (χ4v) is 2.60. The molecule has 0 saturated heterocycles. The molecule has 1 aromatic carbocycles. The monoisotopic (exact) mass is 448 g/mol. The van der Waals surface area contributed by atoms with E-state index >= 15 is 0 Å². The summed E-state index contributed by atoms with van der Waals surface area (Å²) >= 11 is 5.53. The van der Waals surface area contributed by atoms with E-state index in [1.54, 1.807) is 7.11 Å². The van der Waals surface area contributed by atoms with Gasteiger partial charge in [-0.1, -0.05) is 15.9 Å². The molecule has 1 N–H and O–H groups in total. The Labute approximate surface area is 139 Å². The molecule has 20 heavy (non-hydrogen) atoms. The van der Waals surface area contributed by atoms with Crippen molar-refractivity contribution < 1.29 is 4.74 Å². The SMILES string of the molecule is COCc1nc(-c2cc(C)c(Br)c(C)c2)[nH]c(=O)c1I. The Kier molecular flexibility index (Phi) is 4.98. The third-order valence-electron chi connectivity index (χ3n) is 2.92. The van der Waals surface area contributed by atoms with Crippen molar-refractivity contribution in [3.63, 3.8) is 0 Å². The summed E-state index contributed by atoms with van der Waals surface area (Å²) in [5.41, 5.74) is 3.63. The van der Waals surface area contributed by atoms with Crippen LogP contribution in [0.4, 0.5) is 0 Å². The average molecular weight is 449 g/mol. The highest BCUT2D eigenvalue weighted by Crippen LogP contribution is 2.26. The smallest absolute Gasteiger partial charge is 0.264 e. The third kappa shape index (κ3) is 3.12. The van der Waals surface area contributed by atoms with Crippen LogP contribution in [0.15, 0.2) is 21.4 Å². The molecular formula is C14H14BrIN2O2. The second-order valence-corrected chi connectivity index (χ2v) is 6.40. The lowest BCUT2D eigenvalue weighted by molar-refractivity contribution is 0.180. The number of aromatic amines is 1. The zero-order valence-corrected chi connectivity index (χ0v) is 15.1. The summed E-state index contributed by atoms with van der Waals surface area (Å²) in [6, 6.07) is 4.00. The lowest BCUT2D eigenvalue weighted by Gasteiger charge is -2.09. The third-order valence-corrected chi connectivity index (χ3v) is 5.29. The molecule has 0 spiro atoms. The van der Waals surface area contributed by atoms with Crippen LogP contribution in [0.25, 0.3) is 11.4 Å². The van der Waals surface area contributed by atoms with Crippen molar-refractivity contribution in [1.29, 1.82) is 0 Å². The van der Waals surface area contributed by atoms with Crippen molar-refractivity contribution in [2.75, 3.05) is 7.11 Å². The van der Waals surface area contributed by atoms with Crippen molar-refractivity contribution in [2.24, 2.45) is 0 Å². The van der Waals surface area contributed by atoms with E-state index < -0.39 is 0 Å². The molecule has 2 aromatic rings. The zero-order valence-electron chi connectivity index (χ0n) is 11.4. The van der Waals surface area contributed by atoms with Gasteiger partial charge in [-0.2, -0.15) is 0 Å². The Hall–Kier alpha value is -0.730. The molecule has 0 atom stereocenters. The first-order valence-electron chi connectivity index (χ1n) is 5.98. The maximum atomic E-state index is 12.0. The van der Waals surface area contributed by atoms with E-state index in [0.29, 0.717) is 21.7 Å². The Balaban J connectivity index is 2.61. The number of methoxy groups -OCH3 is 1. The number of nitrogens with one attached hydrogen (secondary N) is 1. The molecule has 0 aliphatic heterocycles. The second-order valence-electron chi connectivity index (χ2n) is 4.53. The predicted molar refractivity (Wildman–Crippen MR) is 90.9 cm³/mol. The number of aromatic nitrogens is 2. The van der Waals surface area contributed by atoms with Gasteiger partial charge in [0, 0.05) is 17.1 Å². The fraction of sp³-hybridized carbons (Fsp3) is 0.286. The first kappa shape index (κ1) is 15.7. The zero-order chi connectivity index (χ0) is 14.9. The fourth-order valence-electron chi connectivity index (χ4n) is 1.96.